The highest BCUT2D eigenvalue weighted by atomic mass is 32.2. The average molecular weight is 458 g/mol. The number of fused-ring (bicyclic) bond motifs is 1. The molecule has 0 saturated heterocycles. The van der Waals surface area contributed by atoms with Crippen molar-refractivity contribution in [1.82, 2.24) is 19.2 Å². The van der Waals surface area contributed by atoms with E-state index in [1.165, 1.54) is 16.4 Å². The van der Waals surface area contributed by atoms with E-state index in [1.54, 1.807) is 56.1 Å². The third kappa shape index (κ3) is 5.39. The summed E-state index contributed by atoms with van der Waals surface area (Å²) < 4.78 is 26.5. The van der Waals surface area contributed by atoms with Crippen molar-refractivity contribution in [2.45, 2.75) is 25.3 Å². The second-order valence-electron chi connectivity index (χ2n) is 7.36. The van der Waals surface area contributed by atoms with Gasteiger partial charge >= 0.3 is 0 Å². The summed E-state index contributed by atoms with van der Waals surface area (Å²) in [6.07, 6.45) is 0. The first-order chi connectivity index (χ1) is 15.2. The van der Waals surface area contributed by atoms with Crippen LogP contribution in [0.4, 0.5) is 5.69 Å². The van der Waals surface area contributed by atoms with Crippen LogP contribution in [0.25, 0.3) is 10.9 Å². The van der Waals surface area contributed by atoms with Crippen molar-refractivity contribution in [3.63, 3.8) is 0 Å². The number of likely N-dealkylation sites (N-methyl/N-ethyl adjacent to an activating group) is 1. The number of sulfonamides is 1. The van der Waals surface area contributed by atoms with Gasteiger partial charge in [-0.3, -0.25) is 14.5 Å². The molecule has 3 rings (SSSR count). The van der Waals surface area contributed by atoms with Crippen LogP contribution in [0.1, 0.15) is 19.7 Å². The number of anilines is 1. The summed E-state index contributed by atoms with van der Waals surface area (Å²) in [6.45, 7) is 4.71. The molecule has 0 aliphatic heterocycles. The number of rotatable bonds is 9. The number of aromatic nitrogens is 2. The first kappa shape index (κ1) is 23.6. The van der Waals surface area contributed by atoms with Crippen molar-refractivity contribution in [2.24, 2.45) is 0 Å². The molecule has 2 N–H and O–H groups in total. The SMILES string of the molecule is CCN(CC)S(=O)(=O)c1ccc(NC(=O)CN(C)Cc2nc3ccccc3c(=O)[nH]2)cc1. The van der Waals surface area contributed by atoms with Crippen molar-refractivity contribution < 1.29 is 13.2 Å². The highest BCUT2D eigenvalue weighted by Crippen LogP contribution is 2.18. The molecule has 32 heavy (non-hydrogen) atoms. The summed E-state index contributed by atoms with van der Waals surface area (Å²) in [5, 5.41) is 3.27. The highest BCUT2D eigenvalue weighted by molar-refractivity contribution is 7.89. The predicted molar refractivity (Wildman–Crippen MR) is 124 cm³/mol. The number of carbonyl (C=O) groups excluding carboxylic acids is 1. The van der Waals surface area contributed by atoms with E-state index in [4.69, 9.17) is 0 Å². The number of nitrogens with one attached hydrogen (secondary N) is 2. The third-order valence-corrected chi connectivity index (χ3v) is 7.04. The lowest BCUT2D eigenvalue weighted by atomic mass is 10.2. The summed E-state index contributed by atoms with van der Waals surface area (Å²) in [6, 6.07) is 13.2. The molecular formula is C22H27N5O4S. The second kappa shape index (κ2) is 10.0. The van der Waals surface area contributed by atoms with Crippen molar-refractivity contribution in [3.8, 4) is 0 Å². The van der Waals surface area contributed by atoms with Crippen molar-refractivity contribution in [1.29, 1.82) is 0 Å². The Bertz CT molecular complexity index is 1250. The second-order valence-corrected chi connectivity index (χ2v) is 9.30. The van der Waals surface area contributed by atoms with E-state index in [1.807, 2.05) is 6.07 Å². The molecule has 0 radical (unpaired) electrons. The van der Waals surface area contributed by atoms with Crippen LogP contribution in [0, 0.1) is 0 Å². The Labute approximate surface area is 187 Å². The summed E-state index contributed by atoms with van der Waals surface area (Å²) in [7, 11) is -1.80. The van der Waals surface area contributed by atoms with Gasteiger partial charge in [0.05, 0.1) is 28.9 Å². The number of benzene rings is 2. The van der Waals surface area contributed by atoms with Crippen LogP contribution < -0.4 is 10.9 Å². The number of amides is 1. The van der Waals surface area contributed by atoms with Gasteiger partial charge in [0, 0.05) is 18.8 Å². The van der Waals surface area contributed by atoms with Gasteiger partial charge in [0.15, 0.2) is 0 Å². The largest absolute Gasteiger partial charge is 0.325 e. The quantitative estimate of drug-likeness (QED) is 0.508. The van der Waals surface area contributed by atoms with E-state index in [0.29, 0.717) is 35.5 Å². The summed E-state index contributed by atoms with van der Waals surface area (Å²) in [5.74, 6) is 0.199. The molecular weight excluding hydrogens is 430 g/mol. The maximum absolute atomic E-state index is 12.6. The zero-order valence-corrected chi connectivity index (χ0v) is 19.1. The summed E-state index contributed by atoms with van der Waals surface area (Å²) >= 11 is 0. The number of aromatic amines is 1. The normalized spacial score (nSPS) is 11.9. The van der Waals surface area contributed by atoms with Gasteiger partial charge in [-0.05, 0) is 43.4 Å². The predicted octanol–water partition coefficient (Wildman–Crippen LogP) is 2.02. The molecule has 3 aromatic rings. The van der Waals surface area contributed by atoms with Crippen LogP contribution in [0.2, 0.25) is 0 Å². The fraction of sp³-hybridized carbons (Fsp3) is 0.318. The lowest BCUT2D eigenvalue weighted by Gasteiger charge is -2.19. The van der Waals surface area contributed by atoms with Gasteiger partial charge in [-0.2, -0.15) is 4.31 Å². The molecule has 170 valence electrons. The van der Waals surface area contributed by atoms with Crippen molar-refractivity contribution in [2.75, 3.05) is 32.0 Å². The summed E-state index contributed by atoms with van der Waals surface area (Å²) in [5.41, 5.74) is 0.881. The maximum Gasteiger partial charge on any atom is 0.258 e. The number of carbonyl (C=O) groups is 1. The van der Waals surface area contributed by atoms with E-state index in [2.05, 4.69) is 15.3 Å². The van der Waals surface area contributed by atoms with Crippen molar-refractivity contribution in [3.05, 3.63) is 64.7 Å². The fourth-order valence-electron chi connectivity index (χ4n) is 3.39. The Morgan fingerprint density at radius 3 is 2.38 bits per heavy atom. The van der Waals surface area contributed by atoms with Gasteiger partial charge in [0.1, 0.15) is 5.82 Å². The molecule has 10 heteroatoms. The van der Waals surface area contributed by atoms with Crippen LogP contribution in [0.5, 0.6) is 0 Å². The third-order valence-electron chi connectivity index (χ3n) is 4.98. The van der Waals surface area contributed by atoms with Crippen molar-refractivity contribution >= 4 is 32.5 Å². The van der Waals surface area contributed by atoms with Crippen LogP contribution in [-0.2, 0) is 21.4 Å². The van der Waals surface area contributed by atoms with E-state index in [-0.39, 0.29) is 29.5 Å². The van der Waals surface area contributed by atoms with Crippen LogP contribution >= 0.6 is 0 Å². The minimum Gasteiger partial charge on any atom is -0.325 e. The lowest BCUT2D eigenvalue weighted by Crippen LogP contribution is -2.31. The van der Waals surface area contributed by atoms with Gasteiger partial charge < -0.3 is 10.3 Å². The van der Waals surface area contributed by atoms with Gasteiger partial charge in [-0.15, -0.1) is 0 Å². The molecule has 0 saturated carbocycles. The Hall–Kier alpha value is -3.08. The minimum atomic E-state index is -3.54. The van der Waals surface area contributed by atoms with Crippen LogP contribution in [0.3, 0.4) is 0 Å². The molecule has 0 bridgehead atoms. The van der Waals surface area contributed by atoms with E-state index >= 15 is 0 Å². The average Bonchev–Trinajstić information content (AvgIpc) is 2.74. The standard InChI is InChI=1S/C22H27N5O4S/c1-4-27(5-2)32(30,31)17-12-10-16(11-13-17)23-21(28)15-26(3)14-20-24-19-9-7-6-8-18(19)22(29)25-20/h6-13H,4-5,14-15H2,1-3H3,(H,23,28)(H,24,25,29). The number of hydrogen-bond acceptors (Lipinski definition) is 6. The zero-order chi connectivity index (χ0) is 23.3. The molecule has 0 fully saturated rings. The maximum atomic E-state index is 12.6. The molecule has 0 atom stereocenters. The van der Waals surface area contributed by atoms with E-state index in [0.717, 1.165) is 0 Å². The number of nitrogens with zero attached hydrogens (tertiary/aromatic N) is 3. The lowest BCUT2D eigenvalue weighted by molar-refractivity contribution is -0.117. The Morgan fingerprint density at radius 1 is 1.06 bits per heavy atom. The number of hydrogen-bond donors (Lipinski definition) is 2. The summed E-state index contributed by atoms with van der Waals surface area (Å²) in [4.78, 5) is 33.7. The van der Waals surface area contributed by atoms with Gasteiger partial charge in [-0.25, -0.2) is 13.4 Å². The molecule has 0 aliphatic carbocycles. The molecule has 1 heterocycles. The van der Waals surface area contributed by atoms with Crippen LogP contribution in [0.15, 0.2) is 58.2 Å². The molecule has 0 spiro atoms. The molecule has 1 amide bonds. The van der Waals surface area contributed by atoms with Gasteiger partial charge in [0.2, 0.25) is 15.9 Å². The minimum absolute atomic E-state index is 0.0655. The molecule has 1 aromatic heterocycles. The first-order valence-corrected chi connectivity index (χ1v) is 11.7. The molecule has 0 unspecified atom stereocenters. The van der Waals surface area contributed by atoms with E-state index in [9.17, 15) is 18.0 Å². The van der Waals surface area contributed by atoms with Gasteiger partial charge in [0.25, 0.3) is 5.56 Å². The zero-order valence-electron chi connectivity index (χ0n) is 18.3. The molecule has 2 aromatic carbocycles. The topological polar surface area (TPSA) is 115 Å². The Kier molecular flexibility index (Phi) is 7.39. The fourth-order valence-corrected chi connectivity index (χ4v) is 4.85. The highest BCUT2D eigenvalue weighted by Gasteiger charge is 2.21. The first-order valence-electron chi connectivity index (χ1n) is 10.3. The number of para-hydroxylation sites is 1. The Morgan fingerprint density at radius 2 is 1.72 bits per heavy atom. The monoisotopic (exact) mass is 457 g/mol. The Balaban J connectivity index is 1.61. The molecule has 0 aliphatic rings. The van der Waals surface area contributed by atoms with Gasteiger partial charge in [-0.1, -0.05) is 26.0 Å². The smallest absolute Gasteiger partial charge is 0.258 e. The van der Waals surface area contributed by atoms with Crippen LogP contribution in [-0.4, -0.2) is 60.2 Å². The number of H-pyrrole nitrogens is 1. The molecule has 9 nitrogen and oxygen atoms in total. The van der Waals surface area contributed by atoms with E-state index < -0.39 is 10.0 Å².